The number of carboxylic acid groups (broad SMARTS) is 1. The summed E-state index contributed by atoms with van der Waals surface area (Å²) in [7, 11) is 0. The van der Waals surface area contributed by atoms with Crippen molar-refractivity contribution in [3.63, 3.8) is 0 Å². The first-order valence-electron chi connectivity index (χ1n) is 6.98. The maximum atomic E-state index is 11.9. The van der Waals surface area contributed by atoms with Gasteiger partial charge in [-0.15, -0.1) is 0 Å². The summed E-state index contributed by atoms with van der Waals surface area (Å²) in [5.41, 5.74) is 1.02. The fourth-order valence-corrected chi connectivity index (χ4v) is 3.22. The van der Waals surface area contributed by atoms with Crippen LogP contribution in [0.3, 0.4) is 0 Å². The van der Waals surface area contributed by atoms with Crippen molar-refractivity contribution in [1.29, 1.82) is 0 Å². The van der Waals surface area contributed by atoms with E-state index in [4.69, 9.17) is 5.11 Å². The number of fused-ring (bicyclic) bond motifs is 1. The molecule has 2 aromatic rings. The molecule has 0 saturated carbocycles. The summed E-state index contributed by atoms with van der Waals surface area (Å²) in [6, 6.07) is 7.87. The zero-order valence-corrected chi connectivity index (χ0v) is 12.2. The van der Waals surface area contributed by atoms with Crippen molar-refractivity contribution in [2.24, 2.45) is 0 Å². The van der Waals surface area contributed by atoms with Gasteiger partial charge in [-0.3, -0.25) is 14.2 Å². The molecule has 21 heavy (non-hydrogen) atoms. The first kappa shape index (κ1) is 18.4. The van der Waals surface area contributed by atoms with Crippen LogP contribution in [-0.2, 0) is 11.3 Å². The number of aliphatic carboxylic acids is 1. The molecule has 1 heterocycles. The predicted molar refractivity (Wildman–Crippen MR) is 88.6 cm³/mol. The summed E-state index contributed by atoms with van der Waals surface area (Å²) >= 11 is 1.30. The fourth-order valence-electron chi connectivity index (χ4n) is 2.30. The molecule has 0 fully saturated rings. The number of thiazole rings is 1. The Morgan fingerprint density at radius 3 is 2.52 bits per heavy atom. The number of hydrogen-bond donors (Lipinski definition) is 1. The number of aromatic nitrogens is 1. The van der Waals surface area contributed by atoms with E-state index in [1.807, 2.05) is 28.8 Å². The van der Waals surface area contributed by atoms with Gasteiger partial charge >= 0.3 is 40.4 Å². The third-order valence-corrected chi connectivity index (χ3v) is 4.31. The SMILES string of the molecule is O=C(O)CCCCCCCn1c(=O)sc2ccccc21.[NaH]. The van der Waals surface area contributed by atoms with Gasteiger partial charge in [0.2, 0.25) is 0 Å². The summed E-state index contributed by atoms with van der Waals surface area (Å²) in [5.74, 6) is -0.721. The van der Waals surface area contributed by atoms with Gasteiger partial charge in [0.25, 0.3) is 0 Å². The number of hydrogen-bond acceptors (Lipinski definition) is 3. The maximum absolute atomic E-state index is 11.9. The van der Waals surface area contributed by atoms with Gasteiger partial charge in [0.05, 0.1) is 10.2 Å². The van der Waals surface area contributed by atoms with Crippen LogP contribution in [0.2, 0.25) is 0 Å². The van der Waals surface area contributed by atoms with Gasteiger partial charge in [-0.05, 0) is 25.0 Å². The van der Waals surface area contributed by atoms with Crippen LogP contribution in [0.5, 0.6) is 0 Å². The number of para-hydroxylation sites is 1. The zero-order valence-electron chi connectivity index (χ0n) is 11.4. The molecule has 2 rings (SSSR count). The molecular formula is C15H20NNaO3S. The minimum absolute atomic E-state index is 0. The Morgan fingerprint density at radius 1 is 1.10 bits per heavy atom. The second-order valence-electron chi connectivity index (χ2n) is 4.90. The molecule has 110 valence electrons. The first-order chi connectivity index (χ1) is 9.68. The van der Waals surface area contributed by atoms with E-state index >= 15 is 0 Å². The second kappa shape index (κ2) is 9.41. The Hall–Kier alpha value is -0.620. The minimum atomic E-state index is -0.721. The summed E-state index contributed by atoms with van der Waals surface area (Å²) < 4.78 is 2.89. The predicted octanol–water partition coefficient (Wildman–Crippen LogP) is 2.84. The van der Waals surface area contributed by atoms with E-state index in [2.05, 4.69) is 0 Å². The summed E-state index contributed by atoms with van der Waals surface area (Å²) in [5, 5.41) is 8.54. The van der Waals surface area contributed by atoms with Gasteiger partial charge in [-0.2, -0.15) is 0 Å². The Balaban J connectivity index is 0.00000220. The molecule has 0 bridgehead atoms. The first-order valence-corrected chi connectivity index (χ1v) is 7.80. The van der Waals surface area contributed by atoms with Gasteiger partial charge in [-0.1, -0.05) is 42.7 Å². The van der Waals surface area contributed by atoms with E-state index in [0.717, 1.165) is 48.9 Å². The van der Waals surface area contributed by atoms with E-state index in [1.54, 1.807) is 0 Å². The summed E-state index contributed by atoms with van der Waals surface area (Å²) in [6.07, 6.45) is 4.99. The fraction of sp³-hybridized carbons (Fsp3) is 0.467. The van der Waals surface area contributed by atoms with Gasteiger partial charge in [-0.25, -0.2) is 0 Å². The molecule has 0 aliphatic heterocycles. The van der Waals surface area contributed by atoms with E-state index in [0.29, 0.717) is 0 Å². The Kier molecular flexibility index (Phi) is 8.26. The number of carbonyl (C=O) groups is 1. The van der Waals surface area contributed by atoms with Crippen molar-refractivity contribution in [2.75, 3.05) is 0 Å². The molecule has 0 unspecified atom stereocenters. The van der Waals surface area contributed by atoms with E-state index in [9.17, 15) is 9.59 Å². The van der Waals surface area contributed by atoms with Crippen LogP contribution in [0.4, 0.5) is 0 Å². The zero-order chi connectivity index (χ0) is 14.4. The topological polar surface area (TPSA) is 59.3 Å². The number of aryl methyl sites for hydroxylation is 1. The van der Waals surface area contributed by atoms with Gasteiger partial charge in [0.15, 0.2) is 0 Å². The van der Waals surface area contributed by atoms with Crippen LogP contribution in [0, 0.1) is 0 Å². The average molecular weight is 317 g/mol. The molecule has 6 heteroatoms. The Labute approximate surface area is 150 Å². The van der Waals surface area contributed by atoms with Crippen LogP contribution in [0.15, 0.2) is 29.1 Å². The van der Waals surface area contributed by atoms with E-state index in [-0.39, 0.29) is 40.9 Å². The van der Waals surface area contributed by atoms with Crippen molar-refractivity contribution >= 4 is 57.1 Å². The van der Waals surface area contributed by atoms with Gasteiger partial charge in [0.1, 0.15) is 0 Å². The normalized spacial score (nSPS) is 10.5. The Morgan fingerprint density at radius 2 is 1.76 bits per heavy atom. The molecule has 0 aliphatic carbocycles. The number of carboxylic acids is 1. The van der Waals surface area contributed by atoms with Gasteiger partial charge in [0, 0.05) is 13.0 Å². The molecule has 0 atom stereocenters. The van der Waals surface area contributed by atoms with Crippen molar-refractivity contribution in [3.05, 3.63) is 33.9 Å². The molecule has 0 aliphatic rings. The second-order valence-corrected chi connectivity index (χ2v) is 5.89. The Bertz CT molecular complexity index is 635. The van der Waals surface area contributed by atoms with Crippen molar-refractivity contribution in [2.45, 2.75) is 45.1 Å². The number of nitrogens with zero attached hydrogens (tertiary/aromatic N) is 1. The average Bonchev–Trinajstić information content (AvgIpc) is 2.73. The van der Waals surface area contributed by atoms with E-state index < -0.39 is 5.97 Å². The molecule has 1 aromatic carbocycles. The molecule has 1 N–H and O–H groups in total. The van der Waals surface area contributed by atoms with Crippen LogP contribution in [-0.4, -0.2) is 45.2 Å². The molecule has 4 nitrogen and oxygen atoms in total. The molecule has 0 spiro atoms. The number of benzene rings is 1. The van der Waals surface area contributed by atoms with Crippen LogP contribution in [0.25, 0.3) is 10.2 Å². The monoisotopic (exact) mass is 317 g/mol. The van der Waals surface area contributed by atoms with Crippen molar-refractivity contribution < 1.29 is 9.90 Å². The van der Waals surface area contributed by atoms with E-state index in [1.165, 1.54) is 11.3 Å². The molecule has 1 aromatic heterocycles. The van der Waals surface area contributed by atoms with Crippen LogP contribution in [0.1, 0.15) is 38.5 Å². The third kappa shape index (κ3) is 5.58. The molecule has 0 radical (unpaired) electrons. The van der Waals surface area contributed by atoms with Crippen molar-refractivity contribution in [3.8, 4) is 0 Å². The van der Waals surface area contributed by atoms with Crippen LogP contribution >= 0.6 is 11.3 Å². The third-order valence-electron chi connectivity index (χ3n) is 3.35. The number of rotatable bonds is 8. The van der Waals surface area contributed by atoms with Crippen LogP contribution < -0.4 is 4.87 Å². The standard InChI is InChI=1S/C15H19NO3S.Na.H/c17-14(18)10-4-2-1-3-7-11-16-12-8-5-6-9-13(12)20-15(16)19;;/h5-6,8-9H,1-4,7,10-11H2,(H,17,18);;. The number of unbranched alkanes of at least 4 members (excludes halogenated alkanes) is 4. The molecule has 0 amide bonds. The van der Waals surface area contributed by atoms with Gasteiger partial charge < -0.3 is 5.11 Å². The summed E-state index contributed by atoms with van der Waals surface area (Å²) in [6.45, 7) is 0.752. The molecule has 0 saturated heterocycles. The molecular weight excluding hydrogens is 297 g/mol. The summed E-state index contributed by atoms with van der Waals surface area (Å²) in [4.78, 5) is 22.4. The quantitative estimate of drug-likeness (QED) is 0.601. The van der Waals surface area contributed by atoms with Crippen molar-refractivity contribution in [1.82, 2.24) is 4.57 Å².